The van der Waals surface area contributed by atoms with Gasteiger partial charge >= 0.3 is 0 Å². The van der Waals surface area contributed by atoms with E-state index in [4.69, 9.17) is 16.7 Å². The summed E-state index contributed by atoms with van der Waals surface area (Å²) in [4.78, 5) is 27.5. The lowest BCUT2D eigenvalue weighted by atomic mass is 9.83. The second-order valence-corrected chi connectivity index (χ2v) is 9.00. The molecule has 0 bridgehead atoms. The molecule has 4 rings (SSSR count). The lowest BCUT2D eigenvalue weighted by molar-refractivity contribution is -0.139. The van der Waals surface area contributed by atoms with Crippen LogP contribution in [-0.4, -0.2) is 28.6 Å². The molecule has 7 heteroatoms. The number of hydrogen-bond acceptors (Lipinski definition) is 4. The van der Waals surface area contributed by atoms with E-state index in [-0.39, 0.29) is 19.1 Å². The summed E-state index contributed by atoms with van der Waals surface area (Å²) in [5.41, 5.74) is 1.34. The molecule has 1 aliphatic rings. The first-order valence-electron chi connectivity index (χ1n) is 11.4. The molecule has 2 atom stereocenters. The summed E-state index contributed by atoms with van der Waals surface area (Å²) in [6.45, 7) is 2.01. The molecule has 2 amide bonds. The lowest BCUT2D eigenvalue weighted by Gasteiger charge is -2.27. The highest BCUT2D eigenvalue weighted by Crippen LogP contribution is 2.46. The molecular formula is C28H27ClN2O4. The molecule has 0 radical (unpaired) electrons. The number of carbonyl (C=O) groups is 2. The third-order valence-electron chi connectivity index (χ3n) is 6.20. The molecule has 0 aliphatic carbocycles. The Morgan fingerprint density at radius 2 is 1.83 bits per heavy atom. The lowest BCUT2D eigenvalue weighted by Crippen LogP contribution is -2.44. The Balaban J connectivity index is 1.55. The maximum Gasteiger partial charge on any atom is 0.264 e. The minimum Gasteiger partial charge on any atom is -0.396 e. The van der Waals surface area contributed by atoms with Gasteiger partial charge in [-0.05, 0) is 54.4 Å². The topological polar surface area (TPSA) is 89.9 Å². The number of hydrogen-bond donors (Lipinski definition) is 3. The van der Waals surface area contributed by atoms with Gasteiger partial charge in [0.2, 0.25) is 0 Å². The van der Waals surface area contributed by atoms with Gasteiger partial charge < -0.3 is 20.4 Å². The normalized spacial score (nSPS) is 18.1. The summed E-state index contributed by atoms with van der Waals surface area (Å²) in [6.07, 6.45) is 3.94. The fourth-order valence-corrected chi connectivity index (χ4v) is 4.43. The second-order valence-electron chi connectivity index (χ2n) is 8.57. The van der Waals surface area contributed by atoms with Crippen LogP contribution in [0.2, 0.25) is 5.02 Å². The zero-order valence-corrected chi connectivity index (χ0v) is 20.1. The number of nitrogens with zero attached hydrogens (tertiary/aromatic N) is 1. The van der Waals surface area contributed by atoms with Crippen molar-refractivity contribution in [2.45, 2.75) is 25.5 Å². The fourth-order valence-electron chi connectivity index (χ4n) is 4.26. The van der Waals surface area contributed by atoms with E-state index in [1.54, 1.807) is 78.6 Å². The highest BCUT2D eigenvalue weighted by atomic mass is 35.5. The Morgan fingerprint density at radius 1 is 1.11 bits per heavy atom. The van der Waals surface area contributed by atoms with E-state index in [0.717, 1.165) is 5.56 Å². The Kier molecular flexibility index (Phi) is 7.36. The SMILES string of the molecule is C[C@H](/C=C/CCO)[C@@]1(O)C(=O)N(Cc2ccc(NC(=O)c3ccccc3)cc2)c2ccc(Cl)cc21. The van der Waals surface area contributed by atoms with Gasteiger partial charge in [0.15, 0.2) is 5.60 Å². The molecule has 6 nitrogen and oxygen atoms in total. The maximum atomic E-state index is 13.5. The first kappa shape index (κ1) is 24.7. The third-order valence-corrected chi connectivity index (χ3v) is 6.43. The van der Waals surface area contributed by atoms with E-state index < -0.39 is 17.4 Å². The molecule has 0 aromatic heterocycles. The predicted molar refractivity (Wildman–Crippen MR) is 137 cm³/mol. The molecule has 3 aromatic rings. The number of amides is 2. The zero-order valence-electron chi connectivity index (χ0n) is 19.3. The van der Waals surface area contributed by atoms with Crippen molar-refractivity contribution in [1.82, 2.24) is 0 Å². The highest BCUT2D eigenvalue weighted by Gasteiger charge is 2.52. The molecule has 0 saturated carbocycles. The van der Waals surface area contributed by atoms with Crippen molar-refractivity contribution in [2.24, 2.45) is 5.92 Å². The van der Waals surface area contributed by atoms with Crippen LogP contribution in [0.1, 0.15) is 34.8 Å². The number of carbonyl (C=O) groups excluding carboxylic acids is 2. The van der Waals surface area contributed by atoms with Gasteiger partial charge in [-0.1, -0.05) is 61.0 Å². The van der Waals surface area contributed by atoms with Crippen LogP contribution in [0, 0.1) is 5.92 Å². The van der Waals surface area contributed by atoms with Crippen molar-refractivity contribution in [1.29, 1.82) is 0 Å². The van der Waals surface area contributed by atoms with Gasteiger partial charge in [-0.3, -0.25) is 9.59 Å². The number of benzene rings is 3. The number of aliphatic hydroxyl groups is 2. The molecule has 1 heterocycles. The van der Waals surface area contributed by atoms with Crippen molar-refractivity contribution in [3.05, 3.63) is 107 Å². The summed E-state index contributed by atoms with van der Waals surface area (Å²) >= 11 is 6.21. The van der Waals surface area contributed by atoms with Gasteiger partial charge in [0, 0.05) is 34.4 Å². The van der Waals surface area contributed by atoms with Gasteiger partial charge in [0.05, 0.1) is 12.2 Å². The van der Waals surface area contributed by atoms with Gasteiger partial charge in [-0.2, -0.15) is 0 Å². The van der Waals surface area contributed by atoms with Crippen LogP contribution >= 0.6 is 11.6 Å². The van der Waals surface area contributed by atoms with Crippen LogP contribution in [0.5, 0.6) is 0 Å². The van der Waals surface area contributed by atoms with Crippen molar-refractivity contribution >= 4 is 34.8 Å². The standard InChI is InChI=1S/C28H27ClN2O4/c1-19(7-5-6-16-32)28(35)24-17-22(29)12-15-25(24)31(27(28)34)18-20-10-13-23(14-11-20)30-26(33)21-8-3-2-4-9-21/h2-5,7-15,17,19,32,35H,6,16,18H2,1H3,(H,30,33)/b7-5+/t19-,28+/m1/s1. The van der Waals surface area contributed by atoms with E-state index in [2.05, 4.69) is 5.32 Å². The fraction of sp³-hybridized carbons (Fsp3) is 0.214. The first-order valence-corrected chi connectivity index (χ1v) is 11.8. The van der Waals surface area contributed by atoms with Gasteiger partial charge in [0.25, 0.3) is 11.8 Å². The number of fused-ring (bicyclic) bond motifs is 1. The van der Waals surface area contributed by atoms with Crippen LogP contribution < -0.4 is 10.2 Å². The van der Waals surface area contributed by atoms with Crippen LogP contribution in [0.4, 0.5) is 11.4 Å². The molecule has 0 saturated heterocycles. The maximum absolute atomic E-state index is 13.5. The third kappa shape index (κ3) is 5.00. The van der Waals surface area contributed by atoms with Crippen molar-refractivity contribution < 1.29 is 19.8 Å². The van der Waals surface area contributed by atoms with E-state index in [0.29, 0.717) is 33.9 Å². The van der Waals surface area contributed by atoms with Gasteiger partial charge in [-0.15, -0.1) is 0 Å². The van der Waals surface area contributed by atoms with Crippen molar-refractivity contribution in [2.75, 3.05) is 16.8 Å². The summed E-state index contributed by atoms with van der Waals surface area (Å²) in [5, 5.41) is 23.9. The Morgan fingerprint density at radius 3 is 2.51 bits per heavy atom. The zero-order chi connectivity index (χ0) is 25.0. The Labute approximate surface area is 209 Å². The van der Waals surface area contributed by atoms with E-state index in [9.17, 15) is 14.7 Å². The molecule has 3 aromatic carbocycles. The van der Waals surface area contributed by atoms with E-state index >= 15 is 0 Å². The summed E-state index contributed by atoms with van der Waals surface area (Å²) in [7, 11) is 0. The minimum atomic E-state index is -1.77. The number of nitrogens with one attached hydrogen (secondary N) is 1. The Hall–Kier alpha value is -3.45. The molecule has 0 spiro atoms. The van der Waals surface area contributed by atoms with Crippen LogP contribution in [0.25, 0.3) is 0 Å². The molecule has 1 aliphatic heterocycles. The molecule has 35 heavy (non-hydrogen) atoms. The average Bonchev–Trinajstić information content (AvgIpc) is 3.08. The number of halogens is 1. The molecule has 0 fully saturated rings. The van der Waals surface area contributed by atoms with Crippen LogP contribution in [-0.2, 0) is 16.9 Å². The number of aliphatic hydroxyl groups excluding tert-OH is 1. The number of rotatable bonds is 8. The van der Waals surface area contributed by atoms with Crippen molar-refractivity contribution in [3.63, 3.8) is 0 Å². The van der Waals surface area contributed by atoms with Crippen LogP contribution in [0.3, 0.4) is 0 Å². The van der Waals surface area contributed by atoms with Gasteiger partial charge in [-0.25, -0.2) is 0 Å². The average molecular weight is 491 g/mol. The second kappa shape index (κ2) is 10.4. The largest absolute Gasteiger partial charge is 0.396 e. The minimum absolute atomic E-state index is 0.00800. The van der Waals surface area contributed by atoms with Gasteiger partial charge in [0.1, 0.15) is 0 Å². The van der Waals surface area contributed by atoms with Crippen LogP contribution in [0.15, 0.2) is 84.9 Å². The number of anilines is 2. The first-order chi connectivity index (χ1) is 16.8. The molecular weight excluding hydrogens is 464 g/mol. The monoisotopic (exact) mass is 490 g/mol. The smallest absolute Gasteiger partial charge is 0.264 e. The highest BCUT2D eigenvalue weighted by molar-refractivity contribution is 6.31. The summed E-state index contributed by atoms with van der Waals surface area (Å²) in [5.74, 6) is -1.16. The molecule has 3 N–H and O–H groups in total. The van der Waals surface area contributed by atoms with Crippen molar-refractivity contribution in [3.8, 4) is 0 Å². The molecule has 0 unspecified atom stereocenters. The Bertz CT molecular complexity index is 1240. The summed E-state index contributed by atoms with van der Waals surface area (Å²) in [6, 6.07) is 21.3. The van der Waals surface area contributed by atoms with E-state index in [1.807, 2.05) is 18.2 Å². The summed E-state index contributed by atoms with van der Waals surface area (Å²) < 4.78 is 0. The molecule has 180 valence electrons. The van der Waals surface area contributed by atoms with E-state index in [1.165, 1.54) is 0 Å². The quantitative estimate of drug-likeness (QED) is 0.392. The predicted octanol–water partition coefficient (Wildman–Crippen LogP) is 4.90.